The van der Waals surface area contributed by atoms with Crippen LogP contribution < -0.4 is 59.7 Å². The summed E-state index contributed by atoms with van der Waals surface area (Å²) < 4.78 is 0. The average molecular weight is 956 g/mol. The minimum atomic E-state index is -1.56. The molecular weight excluding hydrogens is 887 g/mol. The molecule has 1 aliphatic rings. The van der Waals surface area contributed by atoms with E-state index in [0.717, 1.165) is 11.1 Å². The maximum atomic E-state index is 14.3. The largest absolute Gasteiger partial charge is 0.391 e. The molecule has 374 valence electrons. The number of nitrogens with one attached hydrogen (secondary N) is 8. The molecule has 15 N–H and O–H groups in total. The summed E-state index contributed by atoms with van der Waals surface area (Å²) in [5.41, 5.74) is 20.8. The van der Waals surface area contributed by atoms with E-state index < -0.39 is 95.7 Å². The minimum Gasteiger partial charge on any atom is -0.391 e. The number of rotatable bonds is 15. The maximum Gasteiger partial charge on any atom is 0.245 e. The van der Waals surface area contributed by atoms with E-state index in [2.05, 4.69) is 42.5 Å². The molecule has 69 heavy (non-hydrogen) atoms. The molecule has 3 aromatic rings. The summed E-state index contributed by atoms with van der Waals surface area (Å²) in [4.78, 5) is 111. The molecule has 1 saturated heterocycles. The lowest BCUT2D eigenvalue weighted by Crippen LogP contribution is -2.61. The van der Waals surface area contributed by atoms with Crippen LogP contribution in [0, 0.1) is 5.92 Å². The van der Waals surface area contributed by atoms with Crippen LogP contribution in [-0.2, 0) is 51.2 Å². The number of aliphatic hydroxyl groups is 1. The molecule has 4 rings (SSSR count). The van der Waals surface area contributed by atoms with Gasteiger partial charge in [-0.15, -0.1) is 0 Å². The standard InChI is InChI=1S/C49H69N11O9/c1-29(2)26-39-47(67)57-35(18-22-50)43(63)56-37(20-24-52)46(66)60-42(30(3)61)49(69)53-25-21-38(54-41(62)28-32-14-16-34(17-15-32)33-12-8-5-9-13-33)45(65)55-36(19-23-51)44(64)59-40(48(68)58-39)27-31-10-6-4-7-11-31/h4-17,29-30,35-40,42,61H,18-28,50-52H2,1-3H3,(H,53,69)(H,54,62)(H,55,65)(H,56,63)(H,57,67)(H,58,68)(H,59,64)(H,60,66)/t30?,35-,36-,37-,38-,39-,40+,42-/m0/s1. The van der Waals surface area contributed by atoms with Crippen LogP contribution >= 0.6 is 0 Å². The topological polar surface area (TPSA) is 331 Å². The molecule has 1 unspecified atom stereocenters. The molecule has 8 atom stereocenters. The van der Waals surface area contributed by atoms with Crippen LogP contribution in [0.1, 0.15) is 64.0 Å². The number of hydrogen-bond acceptors (Lipinski definition) is 12. The van der Waals surface area contributed by atoms with Gasteiger partial charge in [0.05, 0.1) is 12.5 Å². The van der Waals surface area contributed by atoms with Crippen LogP contribution in [-0.4, -0.2) is 127 Å². The van der Waals surface area contributed by atoms with Gasteiger partial charge in [-0.1, -0.05) is 98.8 Å². The molecule has 20 heteroatoms. The molecule has 0 aliphatic carbocycles. The Bertz CT molecular complexity index is 2180. The van der Waals surface area contributed by atoms with E-state index in [4.69, 9.17) is 17.2 Å². The van der Waals surface area contributed by atoms with Gasteiger partial charge in [0.1, 0.15) is 42.3 Å². The number of benzene rings is 3. The highest BCUT2D eigenvalue weighted by Crippen LogP contribution is 2.19. The Morgan fingerprint density at radius 1 is 0.565 bits per heavy atom. The summed E-state index contributed by atoms with van der Waals surface area (Å²) in [6.07, 6.45) is -1.99. The van der Waals surface area contributed by atoms with E-state index in [0.29, 0.717) is 11.1 Å². The van der Waals surface area contributed by atoms with E-state index in [1.807, 2.05) is 56.3 Å². The van der Waals surface area contributed by atoms with Crippen LogP contribution in [0.2, 0.25) is 0 Å². The number of nitrogens with two attached hydrogens (primary N) is 3. The van der Waals surface area contributed by atoms with Gasteiger partial charge in [0.15, 0.2) is 0 Å². The quantitative estimate of drug-likeness (QED) is 0.0831. The molecule has 1 fully saturated rings. The van der Waals surface area contributed by atoms with Gasteiger partial charge >= 0.3 is 0 Å². The Morgan fingerprint density at radius 3 is 1.54 bits per heavy atom. The predicted molar refractivity (Wildman–Crippen MR) is 259 cm³/mol. The van der Waals surface area contributed by atoms with E-state index in [9.17, 15) is 43.5 Å². The number of hydrogen-bond donors (Lipinski definition) is 12. The van der Waals surface area contributed by atoms with Crippen molar-refractivity contribution in [3.05, 3.63) is 96.1 Å². The van der Waals surface area contributed by atoms with Gasteiger partial charge in [0, 0.05) is 13.0 Å². The number of aliphatic hydroxyl groups excluding tert-OH is 1. The highest BCUT2D eigenvalue weighted by Gasteiger charge is 2.35. The monoisotopic (exact) mass is 956 g/mol. The number of carbonyl (C=O) groups is 8. The highest BCUT2D eigenvalue weighted by molar-refractivity contribution is 5.98. The van der Waals surface area contributed by atoms with Crippen molar-refractivity contribution >= 4 is 47.3 Å². The molecule has 0 spiro atoms. The van der Waals surface area contributed by atoms with Crippen molar-refractivity contribution in [2.45, 2.75) is 114 Å². The lowest BCUT2D eigenvalue weighted by Gasteiger charge is -2.28. The fourth-order valence-electron chi connectivity index (χ4n) is 7.68. The zero-order valence-electron chi connectivity index (χ0n) is 39.5. The van der Waals surface area contributed by atoms with Crippen molar-refractivity contribution in [1.29, 1.82) is 0 Å². The summed E-state index contributed by atoms with van der Waals surface area (Å²) in [6.45, 7) is 4.43. The summed E-state index contributed by atoms with van der Waals surface area (Å²) in [7, 11) is 0. The molecule has 0 bridgehead atoms. The first-order chi connectivity index (χ1) is 33.0. The Morgan fingerprint density at radius 2 is 1.01 bits per heavy atom. The van der Waals surface area contributed by atoms with E-state index in [-0.39, 0.29) is 77.0 Å². The molecule has 8 amide bonds. The zero-order chi connectivity index (χ0) is 50.5. The van der Waals surface area contributed by atoms with Crippen molar-refractivity contribution in [2.24, 2.45) is 23.1 Å². The van der Waals surface area contributed by atoms with E-state index >= 15 is 0 Å². The average Bonchev–Trinajstić information content (AvgIpc) is 3.32. The first kappa shape index (κ1) is 54.9. The summed E-state index contributed by atoms with van der Waals surface area (Å²) in [5.74, 6) is -6.32. The van der Waals surface area contributed by atoms with Gasteiger partial charge in [0.2, 0.25) is 47.3 Å². The van der Waals surface area contributed by atoms with Gasteiger partial charge in [-0.3, -0.25) is 38.4 Å². The molecule has 0 saturated carbocycles. The van der Waals surface area contributed by atoms with Crippen molar-refractivity contribution in [3.8, 4) is 11.1 Å². The fourth-order valence-corrected chi connectivity index (χ4v) is 7.68. The second-order valence-electron chi connectivity index (χ2n) is 17.5. The highest BCUT2D eigenvalue weighted by atomic mass is 16.3. The maximum absolute atomic E-state index is 14.3. The smallest absolute Gasteiger partial charge is 0.245 e. The van der Waals surface area contributed by atoms with Crippen molar-refractivity contribution in [2.75, 3.05) is 26.2 Å². The third-order valence-corrected chi connectivity index (χ3v) is 11.4. The fraction of sp³-hybridized carbons (Fsp3) is 0.469. The molecule has 1 aliphatic heterocycles. The third kappa shape index (κ3) is 17.7. The van der Waals surface area contributed by atoms with Crippen LogP contribution in [0.5, 0.6) is 0 Å². The molecule has 0 aromatic heterocycles. The van der Waals surface area contributed by atoms with Crippen LogP contribution in [0.3, 0.4) is 0 Å². The minimum absolute atomic E-state index is 0.0291. The van der Waals surface area contributed by atoms with Crippen molar-refractivity contribution in [3.63, 3.8) is 0 Å². The summed E-state index contributed by atoms with van der Waals surface area (Å²) >= 11 is 0. The van der Waals surface area contributed by atoms with Crippen molar-refractivity contribution in [1.82, 2.24) is 42.5 Å². The lowest BCUT2D eigenvalue weighted by atomic mass is 10.00. The van der Waals surface area contributed by atoms with Crippen LogP contribution in [0.25, 0.3) is 11.1 Å². The Kier molecular flexibility index (Phi) is 22.2. The second-order valence-corrected chi connectivity index (χ2v) is 17.5. The summed E-state index contributed by atoms with van der Waals surface area (Å²) in [5, 5.41) is 31.8. The summed E-state index contributed by atoms with van der Waals surface area (Å²) in [6, 6.07) is 16.4. The molecule has 0 radical (unpaired) electrons. The molecule has 1 heterocycles. The Hall–Kier alpha value is -6.74. The number of amides is 8. The molecule has 3 aromatic carbocycles. The van der Waals surface area contributed by atoms with Crippen LogP contribution in [0.4, 0.5) is 0 Å². The third-order valence-electron chi connectivity index (χ3n) is 11.4. The molecule has 20 nitrogen and oxygen atoms in total. The second kappa shape index (κ2) is 27.9. The van der Waals surface area contributed by atoms with Gasteiger partial charge in [-0.05, 0) is 86.8 Å². The van der Waals surface area contributed by atoms with Gasteiger partial charge in [0.25, 0.3) is 0 Å². The first-order valence-electron chi connectivity index (χ1n) is 23.4. The Balaban J connectivity index is 1.71. The normalized spacial score (nSPS) is 23.2. The number of carbonyl (C=O) groups excluding carboxylic acids is 8. The SMILES string of the molecule is CC(C)C[C@@H]1NC(=O)[C@@H](Cc2ccccc2)NC(=O)[C@H](CCN)NC(=O)[C@@H](NC(=O)Cc2ccc(-c3ccccc3)cc2)CCNC(=O)[C@H](C(C)O)NC(=O)[C@H](CCN)NC(=O)[C@H](CCN)NC1=O. The predicted octanol–water partition coefficient (Wildman–Crippen LogP) is -1.47. The zero-order valence-corrected chi connectivity index (χ0v) is 39.5. The van der Waals surface area contributed by atoms with Gasteiger partial charge < -0.3 is 64.8 Å². The Labute approximate surface area is 402 Å². The van der Waals surface area contributed by atoms with E-state index in [1.165, 1.54) is 6.92 Å². The van der Waals surface area contributed by atoms with Crippen LogP contribution in [0.15, 0.2) is 84.9 Å². The lowest BCUT2D eigenvalue weighted by molar-refractivity contribution is -0.136. The van der Waals surface area contributed by atoms with E-state index in [1.54, 1.807) is 42.5 Å². The molecular formula is C49H69N11O9. The van der Waals surface area contributed by atoms with Crippen molar-refractivity contribution < 1.29 is 43.5 Å². The first-order valence-corrected chi connectivity index (χ1v) is 23.4. The van der Waals surface area contributed by atoms with Gasteiger partial charge in [-0.25, -0.2) is 0 Å². The van der Waals surface area contributed by atoms with Gasteiger partial charge in [-0.2, -0.15) is 0 Å².